The number of hydrogen-bond acceptors (Lipinski definition) is 4. The van der Waals surface area contributed by atoms with Gasteiger partial charge in [-0.1, -0.05) is 51.1 Å². The number of rotatable bonds is 8. The van der Waals surface area contributed by atoms with E-state index in [1.54, 1.807) is 0 Å². The Morgan fingerprint density at radius 2 is 1.92 bits per heavy atom. The first-order valence-electron chi connectivity index (χ1n) is 8.25. The fourth-order valence-electron chi connectivity index (χ4n) is 2.18. The van der Waals surface area contributed by atoms with Crippen LogP contribution in [0.1, 0.15) is 26.3 Å². The van der Waals surface area contributed by atoms with Crippen LogP contribution >= 0.6 is 0 Å². The lowest BCUT2D eigenvalue weighted by atomic mass is 10.1. The van der Waals surface area contributed by atoms with Crippen molar-refractivity contribution in [1.82, 2.24) is 0 Å². The third-order valence-electron chi connectivity index (χ3n) is 4.96. The van der Waals surface area contributed by atoms with Gasteiger partial charge in [-0.15, -0.1) is 0 Å². The fourth-order valence-corrected chi connectivity index (χ4v) is 3.50. The van der Waals surface area contributed by atoms with Gasteiger partial charge in [-0.3, -0.25) is 0 Å². The maximum absolute atomic E-state index is 11.6. The number of ether oxygens (including phenoxy) is 2. The van der Waals surface area contributed by atoms with Gasteiger partial charge in [0, 0.05) is 0 Å². The van der Waals surface area contributed by atoms with Gasteiger partial charge in [-0.2, -0.15) is 0 Å². The predicted octanol–water partition coefficient (Wildman–Crippen LogP) is 3.45. The third kappa shape index (κ3) is 4.24. The van der Waals surface area contributed by atoms with Crippen molar-refractivity contribution in [2.75, 3.05) is 13.2 Å². The van der Waals surface area contributed by atoms with Crippen LogP contribution in [0.25, 0.3) is 0 Å². The van der Waals surface area contributed by atoms with Gasteiger partial charge in [0.2, 0.25) is 5.60 Å². The summed E-state index contributed by atoms with van der Waals surface area (Å²) in [7, 11) is -2.14. The van der Waals surface area contributed by atoms with Crippen LogP contribution < -0.4 is 0 Å². The molecular formula is C18H28O5Si. The van der Waals surface area contributed by atoms with Gasteiger partial charge < -0.3 is 19.0 Å². The molecule has 0 amide bonds. The molecule has 1 aromatic rings. The van der Waals surface area contributed by atoms with Crippen molar-refractivity contribution in [3.8, 4) is 0 Å². The van der Waals surface area contributed by atoms with Gasteiger partial charge in [-0.05, 0) is 23.7 Å². The van der Waals surface area contributed by atoms with Crippen LogP contribution in [-0.2, 0) is 25.3 Å². The highest BCUT2D eigenvalue weighted by Gasteiger charge is 2.61. The smallest absolute Gasteiger partial charge is 0.341 e. The van der Waals surface area contributed by atoms with Gasteiger partial charge >= 0.3 is 5.97 Å². The van der Waals surface area contributed by atoms with Crippen molar-refractivity contribution in [2.24, 2.45) is 0 Å². The zero-order chi connectivity index (χ0) is 18.0. The second-order valence-electron chi connectivity index (χ2n) is 7.85. The normalized spacial score (nSPS) is 22.2. The lowest BCUT2D eigenvalue weighted by Gasteiger charge is -2.40. The summed E-state index contributed by atoms with van der Waals surface area (Å²) in [6, 6.07) is 9.80. The molecule has 1 aromatic carbocycles. The van der Waals surface area contributed by atoms with E-state index in [0.717, 1.165) is 5.56 Å². The van der Waals surface area contributed by atoms with Crippen molar-refractivity contribution < 1.29 is 23.8 Å². The van der Waals surface area contributed by atoms with E-state index >= 15 is 0 Å². The number of benzene rings is 1. The lowest BCUT2D eigenvalue weighted by Crippen LogP contribution is -2.52. The van der Waals surface area contributed by atoms with Crippen molar-refractivity contribution in [3.63, 3.8) is 0 Å². The number of epoxide rings is 1. The Hall–Kier alpha value is -1.21. The summed E-state index contributed by atoms with van der Waals surface area (Å²) < 4.78 is 17.4. The summed E-state index contributed by atoms with van der Waals surface area (Å²) in [4.78, 5) is 11.6. The molecule has 1 aliphatic heterocycles. The van der Waals surface area contributed by atoms with Gasteiger partial charge in [-0.25, -0.2) is 4.79 Å². The Bertz CT molecular complexity index is 561. The van der Waals surface area contributed by atoms with Gasteiger partial charge in [0.1, 0.15) is 6.10 Å². The molecule has 24 heavy (non-hydrogen) atoms. The first kappa shape index (κ1) is 19.1. The molecule has 1 heterocycles. The molecule has 1 fully saturated rings. The van der Waals surface area contributed by atoms with Crippen LogP contribution in [0, 0.1) is 0 Å². The molecule has 1 saturated heterocycles. The molecule has 0 saturated carbocycles. The van der Waals surface area contributed by atoms with Crippen LogP contribution in [-0.4, -0.2) is 44.3 Å². The van der Waals surface area contributed by atoms with E-state index in [0.29, 0.717) is 6.61 Å². The minimum atomic E-state index is -2.14. The van der Waals surface area contributed by atoms with E-state index in [2.05, 4.69) is 33.9 Å². The molecule has 2 rings (SSSR count). The highest BCUT2D eigenvalue weighted by Crippen LogP contribution is 2.42. The molecule has 1 unspecified atom stereocenters. The van der Waals surface area contributed by atoms with Crippen LogP contribution in [0.4, 0.5) is 0 Å². The number of carbonyl (C=O) groups is 1. The minimum Gasteiger partial charge on any atom is -0.479 e. The highest BCUT2D eigenvalue weighted by atomic mass is 28.4. The van der Waals surface area contributed by atoms with E-state index in [9.17, 15) is 9.90 Å². The number of aliphatic carboxylic acids is 1. The maximum Gasteiger partial charge on any atom is 0.341 e. The average Bonchev–Trinajstić information content (AvgIpc) is 3.27. The second-order valence-corrected chi connectivity index (χ2v) is 12.6. The Labute approximate surface area is 145 Å². The van der Waals surface area contributed by atoms with Crippen LogP contribution in [0.3, 0.4) is 0 Å². The SMILES string of the molecule is CC(C)(C)[Si](C)(C)O[C@@H](COCc1ccccc1)C1(C(=O)O)CO1. The Kier molecular flexibility index (Phi) is 5.54. The van der Waals surface area contributed by atoms with Gasteiger partial charge in [0.15, 0.2) is 8.32 Å². The monoisotopic (exact) mass is 352 g/mol. The molecule has 0 spiro atoms. The summed E-state index contributed by atoms with van der Waals surface area (Å²) in [6.07, 6.45) is -0.598. The van der Waals surface area contributed by atoms with Crippen LogP contribution in [0.5, 0.6) is 0 Å². The van der Waals surface area contributed by atoms with Crippen molar-refractivity contribution >= 4 is 14.3 Å². The van der Waals surface area contributed by atoms with E-state index in [-0.39, 0.29) is 18.3 Å². The number of carboxylic acids is 1. The van der Waals surface area contributed by atoms with Crippen molar-refractivity contribution in [3.05, 3.63) is 35.9 Å². The Balaban J connectivity index is 2.06. The molecule has 5 nitrogen and oxygen atoms in total. The number of carboxylic acid groups (broad SMARTS) is 1. The summed E-state index contributed by atoms with van der Waals surface area (Å²) in [5.41, 5.74) is -0.212. The maximum atomic E-state index is 11.6. The fraction of sp³-hybridized carbons (Fsp3) is 0.611. The first-order chi connectivity index (χ1) is 11.1. The van der Waals surface area contributed by atoms with E-state index in [1.807, 2.05) is 30.3 Å². The minimum absolute atomic E-state index is 0.0146. The predicted molar refractivity (Wildman–Crippen MR) is 94.5 cm³/mol. The van der Waals surface area contributed by atoms with E-state index < -0.39 is 26.0 Å². The summed E-state index contributed by atoms with van der Waals surface area (Å²) in [5.74, 6) is -0.977. The zero-order valence-corrected chi connectivity index (χ0v) is 16.2. The molecule has 1 N–H and O–H groups in total. The average molecular weight is 353 g/mol. The quantitative estimate of drug-likeness (QED) is 0.573. The third-order valence-corrected chi connectivity index (χ3v) is 9.45. The second kappa shape index (κ2) is 6.96. The van der Waals surface area contributed by atoms with Crippen LogP contribution in [0.2, 0.25) is 18.1 Å². The van der Waals surface area contributed by atoms with Gasteiger partial charge in [0.05, 0.1) is 19.8 Å². The molecule has 0 aliphatic carbocycles. The number of hydrogen-bond donors (Lipinski definition) is 1. The Morgan fingerprint density at radius 3 is 2.38 bits per heavy atom. The highest BCUT2D eigenvalue weighted by molar-refractivity contribution is 6.74. The topological polar surface area (TPSA) is 68.3 Å². The van der Waals surface area contributed by atoms with Crippen molar-refractivity contribution in [2.45, 2.75) is 57.2 Å². The summed E-state index contributed by atoms with van der Waals surface area (Å²) in [5, 5.41) is 9.53. The molecule has 6 heteroatoms. The summed E-state index contributed by atoms with van der Waals surface area (Å²) >= 11 is 0. The van der Waals surface area contributed by atoms with E-state index in [1.165, 1.54) is 0 Å². The molecule has 0 bridgehead atoms. The van der Waals surface area contributed by atoms with Crippen molar-refractivity contribution in [1.29, 1.82) is 0 Å². The molecule has 134 valence electrons. The lowest BCUT2D eigenvalue weighted by molar-refractivity contribution is -0.149. The summed E-state index contributed by atoms with van der Waals surface area (Å²) in [6.45, 7) is 11.4. The van der Waals surface area contributed by atoms with E-state index in [4.69, 9.17) is 13.9 Å². The standard InChI is InChI=1S/C18H28O5Si/c1-17(2,3)24(4,5)23-15(18(13-22-18)16(19)20)12-21-11-14-9-7-6-8-10-14/h6-10,15H,11-13H2,1-5H3,(H,19,20)/t15-,18?/m0/s1. The Morgan fingerprint density at radius 1 is 1.33 bits per heavy atom. The van der Waals surface area contributed by atoms with Crippen LogP contribution in [0.15, 0.2) is 30.3 Å². The largest absolute Gasteiger partial charge is 0.479 e. The molecule has 0 radical (unpaired) electrons. The van der Waals surface area contributed by atoms with Gasteiger partial charge in [0.25, 0.3) is 0 Å². The molecule has 1 aliphatic rings. The molecule has 2 atom stereocenters. The first-order valence-corrected chi connectivity index (χ1v) is 11.2. The zero-order valence-electron chi connectivity index (χ0n) is 15.2. The molecular weight excluding hydrogens is 324 g/mol. The molecule has 0 aromatic heterocycles.